The summed E-state index contributed by atoms with van der Waals surface area (Å²) >= 11 is 0. The van der Waals surface area contributed by atoms with E-state index in [0.29, 0.717) is 25.7 Å². The van der Waals surface area contributed by atoms with Crippen LogP contribution in [0.15, 0.2) is 109 Å². The van der Waals surface area contributed by atoms with Gasteiger partial charge in [-0.15, -0.1) is 0 Å². The third-order valence-electron chi connectivity index (χ3n) is 8.40. The second-order valence-electron chi connectivity index (χ2n) is 13.6. The molecule has 0 aromatic rings. The summed E-state index contributed by atoms with van der Waals surface area (Å²) in [4.78, 5) is 37.6. The van der Waals surface area contributed by atoms with Crippen molar-refractivity contribution in [2.45, 2.75) is 168 Å². The number of hydrogen-bond donors (Lipinski definition) is 0. The van der Waals surface area contributed by atoms with E-state index in [1.165, 1.54) is 38.5 Å². The summed E-state index contributed by atoms with van der Waals surface area (Å²) in [5.41, 5.74) is 0. The Hall–Kier alpha value is -3.93. The van der Waals surface area contributed by atoms with Gasteiger partial charge in [0, 0.05) is 19.3 Å². The van der Waals surface area contributed by atoms with Crippen LogP contribution < -0.4 is 0 Å². The van der Waals surface area contributed by atoms with Crippen LogP contribution in [0.1, 0.15) is 162 Å². The standard InChI is InChI=1S/C49H76O6/c1-4-7-10-13-16-19-21-23-24-26-27-30-33-36-39-42-48(51)54-45-46(44-53-47(50)41-38-35-32-29-18-15-12-9-6-3)55-49(52)43-40-37-34-31-28-25-22-20-17-14-11-8-5-2/h8-9,11-12,14,16-23,25,28-29,31,34,46H,4-7,10,13,15,24,26-27,30,32-33,35-45H2,1-3H3/b11-8-,12-9-,17-14-,19-16-,22-20-,23-21-,28-25-,29-18-,34-31-. The summed E-state index contributed by atoms with van der Waals surface area (Å²) in [7, 11) is 0. The van der Waals surface area contributed by atoms with Crippen LogP contribution in [0.5, 0.6) is 0 Å². The van der Waals surface area contributed by atoms with Crippen molar-refractivity contribution in [3.8, 4) is 0 Å². The minimum Gasteiger partial charge on any atom is -0.462 e. The predicted molar refractivity (Wildman–Crippen MR) is 233 cm³/mol. The zero-order valence-corrected chi connectivity index (χ0v) is 34.9. The van der Waals surface area contributed by atoms with E-state index in [-0.39, 0.29) is 31.6 Å². The van der Waals surface area contributed by atoms with E-state index < -0.39 is 12.1 Å². The quantitative estimate of drug-likeness (QED) is 0.0208. The van der Waals surface area contributed by atoms with Crippen LogP contribution in [0.2, 0.25) is 0 Å². The minimum atomic E-state index is -0.832. The van der Waals surface area contributed by atoms with Crippen molar-refractivity contribution in [2.24, 2.45) is 0 Å². The van der Waals surface area contributed by atoms with Crippen LogP contribution in [0, 0.1) is 0 Å². The van der Waals surface area contributed by atoms with E-state index in [4.69, 9.17) is 14.2 Å². The summed E-state index contributed by atoms with van der Waals surface area (Å²) in [5.74, 6) is -1.07. The molecular weight excluding hydrogens is 685 g/mol. The fourth-order valence-corrected chi connectivity index (χ4v) is 5.20. The molecule has 1 unspecified atom stereocenters. The van der Waals surface area contributed by atoms with Gasteiger partial charge in [0.05, 0.1) is 0 Å². The molecule has 308 valence electrons. The van der Waals surface area contributed by atoms with Crippen molar-refractivity contribution in [1.82, 2.24) is 0 Å². The second kappa shape index (κ2) is 42.8. The van der Waals surface area contributed by atoms with Crippen LogP contribution >= 0.6 is 0 Å². The van der Waals surface area contributed by atoms with E-state index in [2.05, 4.69) is 75.5 Å². The van der Waals surface area contributed by atoms with Crippen molar-refractivity contribution in [3.05, 3.63) is 109 Å². The fourth-order valence-electron chi connectivity index (χ4n) is 5.20. The Morgan fingerprint density at radius 3 is 1.42 bits per heavy atom. The SMILES string of the molecule is CC\C=C/C=C\C=C/C=C\C=C/CCCC(=O)OC(COC(=O)CCCC/C=C\C/C=C\CC)COC(=O)CCCCCCCC/C=C\C=C/CCCCC. The lowest BCUT2D eigenvalue weighted by molar-refractivity contribution is -0.167. The molecule has 0 radical (unpaired) electrons. The number of hydrogen-bond acceptors (Lipinski definition) is 6. The molecule has 55 heavy (non-hydrogen) atoms. The number of carbonyl (C=O) groups is 3. The molecule has 0 aromatic carbocycles. The first-order valence-electron chi connectivity index (χ1n) is 21.5. The highest BCUT2D eigenvalue weighted by Crippen LogP contribution is 2.11. The Kier molecular flexibility index (Phi) is 39.7. The maximum Gasteiger partial charge on any atom is 0.306 e. The average Bonchev–Trinajstić information content (AvgIpc) is 3.18. The maximum absolute atomic E-state index is 12.6. The Morgan fingerprint density at radius 1 is 0.400 bits per heavy atom. The molecule has 1 atom stereocenters. The molecule has 0 aliphatic heterocycles. The zero-order chi connectivity index (χ0) is 40.1. The van der Waals surface area contributed by atoms with Crippen LogP contribution in [0.4, 0.5) is 0 Å². The molecule has 6 heteroatoms. The van der Waals surface area contributed by atoms with Crippen molar-refractivity contribution in [2.75, 3.05) is 13.2 Å². The average molecular weight is 761 g/mol. The Bertz CT molecular complexity index is 1200. The highest BCUT2D eigenvalue weighted by atomic mass is 16.6. The van der Waals surface area contributed by atoms with Gasteiger partial charge in [0.25, 0.3) is 0 Å². The maximum atomic E-state index is 12.6. The summed E-state index contributed by atoms with van der Waals surface area (Å²) in [6.07, 6.45) is 56.6. The van der Waals surface area contributed by atoms with Gasteiger partial charge in [-0.05, 0) is 83.5 Å². The van der Waals surface area contributed by atoms with Gasteiger partial charge in [-0.25, -0.2) is 0 Å². The second-order valence-corrected chi connectivity index (χ2v) is 13.6. The normalized spacial score (nSPS) is 13.1. The molecule has 6 nitrogen and oxygen atoms in total. The lowest BCUT2D eigenvalue weighted by Crippen LogP contribution is -2.30. The predicted octanol–water partition coefficient (Wildman–Crippen LogP) is 13.6. The highest BCUT2D eigenvalue weighted by Gasteiger charge is 2.19. The molecule has 0 spiro atoms. The topological polar surface area (TPSA) is 78.9 Å². The van der Waals surface area contributed by atoms with Gasteiger partial charge in [-0.3, -0.25) is 14.4 Å². The van der Waals surface area contributed by atoms with Gasteiger partial charge in [0.1, 0.15) is 13.2 Å². The van der Waals surface area contributed by atoms with E-state index in [1.54, 1.807) is 0 Å². The molecule has 0 aliphatic rings. The number of ether oxygens (including phenoxy) is 3. The molecule has 0 fully saturated rings. The van der Waals surface area contributed by atoms with Crippen molar-refractivity contribution < 1.29 is 28.6 Å². The van der Waals surface area contributed by atoms with Crippen LogP contribution in [0.3, 0.4) is 0 Å². The van der Waals surface area contributed by atoms with Gasteiger partial charge < -0.3 is 14.2 Å². The van der Waals surface area contributed by atoms with E-state index in [0.717, 1.165) is 70.6 Å². The van der Waals surface area contributed by atoms with Crippen LogP contribution in [0.25, 0.3) is 0 Å². The monoisotopic (exact) mass is 761 g/mol. The van der Waals surface area contributed by atoms with Crippen molar-refractivity contribution in [1.29, 1.82) is 0 Å². The van der Waals surface area contributed by atoms with Gasteiger partial charge >= 0.3 is 17.9 Å². The first-order valence-corrected chi connectivity index (χ1v) is 21.5. The van der Waals surface area contributed by atoms with Crippen LogP contribution in [-0.2, 0) is 28.6 Å². The third kappa shape index (κ3) is 41.1. The van der Waals surface area contributed by atoms with Crippen LogP contribution in [-0.4, -0.2) is 37.2 Å². The number of unbranched alkanes of at least 4 members (excludes halogenated alkanes) is 12. The molecule has 0 saturated carbocycles. The summed E-state index contributed by atoms with van der Waals surface area (Å²) in [6, 6.07) is 0. The van der Waals surface area contributed by atoms with Gasteiger partial charge in [-0.1, -0.05) is 169 Å². The van der Waals surface area contributed by atoms with Gasteiger partial charge in [0.2, 0.25) is 0 Å². The zero-order valence-electron chi connectivity index (χ0n) is 34.9. The summed E-state index contributed by atoms with van der Waals surface area (Å²) < 4.78 is 16.5. The fraction of sp³-hybridized carbons (Fsp3) is 0.571. The van der Waals surface area contributed by atoms with Crippen molar-refractivity contribution in [3.63, 3.8) is 0 Å². The van der Waals surface area contributed by atoms with Gasteiger partial charge in [-0.2, -0.15) is 0 Å². The minimum absolute atomic E-state index is 0.126. The third-order valence-corrected chi connectivity index (χ3v) is 8.40. The molecule has 0 saturated heterocycles. The molecule has 0 aliphatic carbocycles. The van der Waals surface area contributed by atoms with E-state index in [1.807, 2.05) is 54.7 Å². The molecular formula is C49H76O6. The molecule has 0 N–H and O–H groups in total. The lowest BCUT2D eigenvalue weighted by atomic mass is 10.1. The molecule has 0 heterocycles. The molecule has 0 aromatic heterocycles. The Morgan fingerprint density at radius 2 is 0.818 bits per heavy atom. The Balaban J connectivity index is 4.55. The first kappa shape index (κ1) is 51.1. The lowest BCUT2D eigenvalue weighted by Gasteiger charge is -2.18. The molecule has 0 amide bonds. The first-order chi connectivity index (χ1) is 27.0. The van der Waals surface area contributed by atoms with Gasteiger partial charge in [0.15, 0.2) is 6.10 Å². The van der Waals surface area contributed by atoms with E-state index >= 15 is 0 Å². The number of esters is 3. The smallest absolute Gasteiger partial charge is 0.306 e. The summed E-state index contributed by atoms with van der Waals surface area (Å²) in [5, 5.41) is 0. The highest BCUT2D eigenvalue weighted by molar-refractivity contribution is 5.71. The number of allylic oxidation sites excluding steroid dienone is 18. The molecule has 0 rings (SSSR count). The number of carbonyl (C=O) groups excluding carboxylic acids is 3. The Labute approximate surface area is 336 Å². The molecule has 0 bridgehead atoms. The number of rotatable bonds is 36. The van der Waals surface area contributed by atoms with Crippen molar-refractivity contribution >= 4 is 17.9 Å². The van der Waals surface area contributed by atoms with E-state index in [9.17, 15) is 14.4 Å². The summed E-state index contributed by atoms with van der Waals surface area (Å²) in [6.45, 7) is 6.19. The largest absolute Gasteiger partial charge is 0.462 e.